The van der Waals surface area contributed by atoms with Gasteiger partial charge in [-0.3, -0.25) is 9.59 Å². The maximum Gasteiger partial charge on any atom is 0.346 e. The first-order valence-electron chi connectivity index (χ1n) is 32.8. The summed E-state index contributed by atoms with van der Waals surface area (Å²) >= 11 is 1.53. The minimum atomic E-state index is -0.975. The Hall–Kier alpha value is -8.66. The molecule has 2 aliphatic carbocycles. The van der Waals surface area contributed by atoms with Crippen molar-refractivity contribution < 1.29 is 81.1 Å². The number of carbonyl (C=O) groups excluding carboxylic acids is 5. The summed E-state index contributed by atoms with van der Waals surface area (Å²) in [5.41, 5.74) is 0.895. The minimum Gasteiger partial charge on any atom is -0.494 e. The SMILES string of the molecule is C=CC(=O)OCCCCCCOc1ccc(OOCC2CCC(C(=O)Oc3ccc(C(=O)Oc4ccc(OOCC5CCC(C(=O)Oc6ccc(OCCCCCCOC(=O)C=C)cc6)CC5)c(/C=N/N(CCCCCC)c5nc6ccccc6s5)c4)c(F)c3)CC2)cc1. The first-order chi connectivity index (χ1) is 45.9. The average molecular weight is 1310 g/mol. The molecule has 0 saturated heterocycles. The molecule has 5 aromatic carbocycles. The zero-order valence-corrected chi connectivity index (χ0v) is 54.4. The highest BCUT2D eigenvalue weighted by molar-refractivity contribution is 7.22. The second-order valence-electron chi connectivity index (χ2n) is 23.3. The Kier molecular flexibility index (Phi) is 29.6. The molecule has 94 heavy (non-hydrogen) atoms. The highest BCUT2D eigenvalue weighted by atomic mass is 32.1. The van der Waals surface area contributed by atoms with E-state index in [1.54, 1.807) is 54.7 Å². The van der Waals surface area contributed by atoms with Crippen LogP contribution in [0.1, 0.15) is 151 Å². The minimum absolute atomic E-state index is 0.0363. The Morgan fingerprint density at radius 1 is 0.564 bits per heavy atom. The number of thiazole rings is 1. The van der Waals surface area contributed by atoms with Crippen LogP contribution in [0.5, 0.6) is 40.2 Å². The van der Waals surface area contributed by atoms with Gasteiger partial charge in [0.05, 0.1) is 73.5 Å². The number of rotatable bonds is 40. The van der Waals surface area contributed by atoms with Crippen molar-refractivity contribution in [2.24, 2.45) is 28.8 Å². The van der Waals surface area contributed by atoms with E-state index in [1.807, 2.05) is 41.4 Å². The zero-order valence-electron chi connectivity index (χ0n) is 53.6. The van der Waals surface area contributed by atoms with Crippen molar-refractivity contribution >= 4 is 62.7 Å². The molecule has 19 nitrogen and oxygen atoms in total. The lowest BCUT2D eigenvalue weighted by molar-refractivity contribution is -0.218. The second-order valence-corrected chi connectivity index (χ2v) is 24.4. The lowest BCUT2D eigenvalue weighted by Crippen LogP contribution is -2.27. The lowest BCUT2D eigenvalue weighted by atomic mass is 9.82. The van der Waals surface area contributed by atoms with E-state index in [-0.39, 0.29) is 53.1 Å². The largest absolute Gasteiger partial charge is 0.494 e. The molecule has 2 saturated carbocycles. The smallest absolute Gasteiger partial charge is 0.346 e. The lowest BCUT2D eigenvalue weighted by Gasteiger charge is -2.26. The van der Waals surface area contributed by atoms with Crippen LogP contribution in [0.15, 0.2) is 140 Å². The van der Waals surface area contributed by atoms with E-state index < -0.39 is 35.6 Å². The summed E-state index contributed by atoms with van der Waals surface area (Å²) in [5, 5.41) is 7.46. The standard InChI is InChI=1S/C73H86FN3O16S/c1-4-7-8-15-42-77(73-76-65-20-13-14-21-67(65)94-73)75-49-56-47-61(39-41-66(56)93-88-51-53-24-26-54(27-25-53)70(80)89-59-34-30-57(31-35-59)83-43-16-9-11-18-45-85-68(78)5-2)91-72(82)63-40-38-62(48-64(63)74)90-71(81)55-28-22-52(23-29-55)50-87-92-60-36-32-58(33-37-60)84-44-17-10-12-19-46-86-69(79)6-3/h5-6,13-14,20-21,30-41,47-49,52-55H,2-4,7-12,15-19,22-29,42-46,50-51H2,1H3/b75-49+. The van der Waals surface area contributed by atoms with Crippen molar-refractivity contribution in [1.29, 1.82) is 0 Å². The van der Waals surface area contributed by atoms with Gasteiger partial charge in [0.15, 0.2) is 11.5 Å². The third-order valence-electron chi connectivity index (χ3n) is 16.2. The van der Waals surface area contributed by atoms with Crippen molar-refractivity contribution in [1.82, 2.24) is 4.98 Å². The molecule has 0 aliphatic heterocycles. The summed E-state index contributed by atoms with van der Waals surface area (Å²) in [6.45, 7) is 12.0. The summed E-state index contributed by atoms with van der Waals surface area (Å²) < 4.78 is 55.6. The number of anilines is 1. The average Bonchev–Trinajstić information content (AvgIpc) is 1.77. The van der Waals surface area contributed by atoms with E-state index in [2.05, 4.69) is 20.1 Å². The van der Waals surface area contributed by atoms with Crippen LogP contribution < -0.4 is 38.5 Å². The Bertz CT molecular complexity index is 3360. The molecule has 0 N–H and O–H groups in total. The fraction of sp³-hybridized carbons (Fsp3) is 0.438. The number of hydrogen-bond donors (Lipinski definition) is 0. The number of hydrazone groups is 1. The molecule has 2 fully saturated rings. The first kappa shape index (κ1) is 71.2. The Labute approximate surface area is 553 Å². The molecule has 6 aromatic rings. The second kappa shape index (κ2) is 39.1. The van der Waals surface area contributed by atoms with Crippen LogP contribution in [0.4, 0.5) is 9.52 Å². The quantitative estimate of drug-likeness (QED) is 0.00665. The maximum atomic E-state index is 15.8. The molecule has 21 heteroatoms. The molecule has 0 bridgehead atoms. The normalized spacial score (nSPS) is 16.1. The van der Waals surface area contributed by atoms with Crippen LogP contribution in [-0.2, 0) is 38.4 Å². The number of hydrogen-bond acceptors (Lipinski definition) is 20. The number of ether oxygens (including phenoxy) is 7. The van der Waals surface area contributed by atoms with Crippen molar-refractivity contribution in [3.8, 4) is 40.2 Å². The Balaban J connectivity index is 0.794. The number of unbranched alkanes of at least 4 members (excludes halogenated alkanes) is 9. The van der Waals surface area contributed by atoms with E-state index in [9.17, 15) is 24.0 Å². The Morgan fingerprint density at radius 3 is 1.65 bits per heavy atom. The van der Waals surface area contributed by atoms with E-state index in [0.29, 0.717) is 125 Å². The number of nitrogens with zero attached hydrogens (tertiary/aromatic N) is 3. The van der Waals surface area contributed by atoms with Crippen LogP contribution in [-0.4, -0.2) is 87.2 Å². The fourth-order valence-corrected chi connectivity index (χ4v) is 11.7. The van der Waals surface area contributed by atoms with Gasteiger partial charge in [-0.2, -0.15) is 14.9 Å². The summed E-state index contributed by atoms with van der Waals surface area (Å²) in [6.07, 6.45) is 20.1. The van der Waals surface area contributed by atoms with Gasteiger partial charge in [-0.1, -0.05) is 62.8 Å². The molecule has 0 atom stereocenters. The van der Waals surface area contributed by atoms with E-state index >= 15 is 4.39 Å². The van der Waals surface area contributed by atoms with Crippen LogP contribution >= 0.6 is 11.3 Å². The third-order valence-corrected chi connectivity index (χ3v) is 17.3. The van der Waals surface area contributed by atoms with E-state index in [0.717, 1.165) is 105 Å². The monoisotopic (exact) mass is 1310 g/mol. The molecular weight excluding hydrogens is 1230 g/mol. The van der Waals surface area contributed by atoms with Crippen molar-refractivity contribution in [3.63, 3.8) is 0 Å². The van der Waals surface area contributed by atoms with Crippen molar-refractivity contribution in [3.05, 3.63) is 151 Å². The van der Waals surface area contributed by atoms with E-state index in [1.165, 1.54) is 29.5 Å². The van der Waals surface area contributed by atoms with E-state index in [4.69, 9.17) is 62.8 Å². The van der Waals surface area contributed by atoms with Gasteiger partial charge in [-0.15, -0.1) is 0 Å². The molecule has 0 amide bonds. The third kappa shape index (κ3) is 24.0. The molecule has 0 radical (unpaired) electrons. The van der Waals surface area contributed by atoms with Gasteiger partial charge in [0.1, 0.15) is 34.6 Å². The number of para-hydroxylation sites is 1. The molecule has 1 aromatic heterocycles. The fourth-order valence-electron chi connectivity index (χ4n) is 10.7. The van der Waals surface area contributed by atoms with Crippen molar-refractivity contribution in [2.75, 3.05) is 51.2 Å². The van der Waals surface area contributed by atoms with Crippen LogP contribution in [0.2, 0.25) is 0 Å². The number of aromatic nitrogens is 1. The number of fused-ring (bicyclic) bond motifs is 1. The summed E-state index contributed by atoms with van der Waals surface area (Å²) in [7, 11) is 0. The highest BCUT2D eigenvalue weighted by Crippen LogP contribution is 2.35. The molecule has 0 unspecified atom stereocenters. The number of halogens is 1. The number of esters is 5. The molecular formula is C73H86FN3O16S. The van der Waals surface area contributed by atoms with Crippen molar-refractivity contribution in [2.45, 2.75) is 135 Å². The first-order valence-corrected chi connectivity index (χ1v) is 33.6. The zero-order chi connectivity index (χ0) is 66.1. The molecule has 0 spiro atoms. The maximum absolute atomic E-state index is 15.8. The predicted octanol–water partition coefficient (Wildman–Crippen LogP) is 15.9. The molecule has 1 heterocycles. The summed E-state index contributed by atoms with van der Waals surface area (Å²) in [5.74, 6) is -1.18. The van der Waals surface area contributed by atoms with Gasteiger partial charge in [0, 0.05) is 30.3 Å². The highest BCUT2D eigenvalue weighted by Gasteiger charge is 2.30. The predicted molar refractivity (Wildman–Crippen MR) is 355 cm³/mol. The van der Waals surface area contributed by atoms with Gasteiger partial charge in [0.2, 0.25) is 5.13 Å². The topological polar surface area (TPSA) is 215 Å². The van der Waals surface area contributed by atoms with Gasteiger partial charge in [-0.25, -0.2) is 28.8 Å². The van der Waals surface area contributed by atoms with Gasteiger partial charge in [0.25, 0.3) is 0 Å². The number of benzene rings is 5. The molecule has 502 valence electrons. The number of carbonyl (C=O) groups is 5. The Morgan fingerprint density at radius 2 is 1.07 bits per heavy atom. The summed E-state index contributed by atoms with van der Waals surface area (Å²) in [6, 6.07) is 30.3. The van der Waals surface area contributed by atoms with Crippen LogP contribution in [0, 0.1) is 29.5 Å². The molecule has 8 rings (SSSR count). The summed E-state index contributed by atoms with van der Waals surface area (Å²) in [4.78, 5) is 90.4. The van der Waals surface area contributed by atoms with Gasteiger partial charge < -0.3 is 42.9 Å². The molecule has 2 aliphatic rings. The van der Waals surface area contributed by atoms with Crippen LogP contribution in [0.3, 0.4) is 0 Å². The van der Waals surface area contributed by atoms with Crippen LogP contribution in [0.25, 0.3) is 10.2 Å². The van der Waals surface area contributed by atoms with Gasteiger partial charge in [-0.05, 0) is 212 Å². The van der Waals surface area contributed by atoms with Gasteiger partial charge >= 0.3 is 29.8 Å².